The number of carbonyl (C=O) groups is 1. The summed E-state index contributed by atoms with van der Waals surface area (Å²) in [5.41, 5.74) is 6.56. The monoisotopic (exact) mass is 300 g/mol. The highest BCUT2D eigenvalue weighted by molar-refractivity contribution is 7.89. The molecule has 0 saturated heterocycles. The first-order chi connectivity index (χ1) is 9.31. The quantitative estimate of drug-likeness (QED) is 0.557. The predicted octanol–water partition coefficient (Wildman–Crippen LogP) is 0.113. The molecule has 7 nitrogen and oxygen atoms in total. The predicted molar refractivity (Wildman–Crippen MR) is 78.9 cm³/mol. The number of benzene rings is 1. The Kier molecular flexibility index (Phi) is 5.34. The number of hydrogen-bond acceptors (Lipinski definition) is 5. The minimum absolute atomic E-state index is 0.0831. The number of carbonyl (C=O) groups excluding carboxylic acids is 1. The highest BCUT2D eigenvalue weighted by Gasteiger charge is 2.16. The highest BCUT2D eigenvalue weighted by Crippen LogP contribution is 2.23. The van der Waals surface area contributed by atoms with Crippen molar-refractivity contribution in [2.45, 2.75) is 24.8 Å². The van der Waals surface area contributed by atoms with E-state index < -0.39 is 16.1 Å². The fourth-order valence-electron chi connectivity index (χ4n) is 1.57. The third kappa shape index (κ3) is 3.84. The average molecular weight is 300 g/mol. The molecular formula is C12H20N4O3S. The molecule has 0 aromatic heterocycles. The van der Waals surface area contributed by atoms with Gasteiger partial charge >= 0.3 is 0 Å². The van der Waals surface area contributed by atoms with Gasteiger partial charge in [-0.15, -0.1) is 0 Å². The van der Waals surface area contributed by atoms with E-state index in [1.165, 1.54) is 25.2 Å². The molecule has 112 valence electrons. The summed E-state index contributed by atoms with van der Waals surface area (Å²) in [6.07, 6.45) is 0. The van der Waals surface area contributed by atoms with Crippen LogP contribution >= 0.6 is 0 Å². The van der Waals surface area contributed by atoms with Crippen molar-refractivity contribution < 1.29 is 13.2 Å². The zero-order valence-electron chi connectivity index (χ0n) is 11.7. The number of amides is 1. The molecule has 1 amide bonds. The summed E-state index contributed by atoms with van der Waals surface area (Å²) in [7, 11) is -2.22. The summed E-state index contributed by atoms with van der Waals surface area (Å²) in [5, 5.41) is 5.57. The van der Waals surface area contributed by atoms with Gasteiger partial charge in [0.2, 0.25) is 15.9 Å². The second kappa shape index (κ2) is 6.58. The van der Waals surface area contributed by atoms with E-state index in [1.807, 2.05) is 6.92 Å². The Labute approximate surface area is 119 Å². The number of sulfonamides is 1. The van der Waals surface area contributed by atoms with E-state index in [9.17, 15) is 13.2 Å². The minimum atomic E-state index is -3.55. The van der Waals surface area contributed by atoms with E-state index in [-0.39, 0.29) is 10.8 Å². The van der Waals surface area contributed by atoms with Crippen molar-refractivity contribution in [1.82, 2.24) is 10.0 Å². The minimum Gasteiger partial charge on any atom is -0.397 e. The Morgan fingerprint density at radius 2 is 2.05 bits per heavy atom. The van der Waals surface area contributed by atoms with Crippen LogP contribution in [0.5, 0.6) is 0 Å². The van der Waals surface area contributed by atoms with Gasteiger partial charge in [0.15, 0.2) is 0 Å². The maximum absolute atomic E-state index is 11.7. The molecule has 0 saturated carbocycles. The number of nitrogen functional groups attached to an aromatic ring is 1. The molecule has 0 radical (unpaired) electrons. The Morgan fingerprint density at radius 3 is 2.60 bits per heavy atom. The average Bonchev–Trinajstić information content (AvgIpc) is 2.41. The summed E-state index contributed by atoms with van der Waals surface area (Å²) in [6, 6.07) is 3.77. The standard InChI is InChI=1S/C12H20N4O3S/c1-4-15-12(17)8(2)16-11-7-9(5-6-10(11)13)20(18,19)14-3/h5-8,14,16H,4,13H2,1-3H3,(H,15,17). The van der Waals surface area contributed by atoms with Crippen molar-refractivity contribution in [3.8, 4) is 0 Å². The van der Waals surface area contributed by atoms with Gasteiger partial charge in [-0.25, -0.2) is 13.1 Å². The lowest BCUT2D eigenvalue weighted by Crippen LogP contribution is -2.37. The fourth-order valence-corrected chi connectivity index (χ4v) is 2.33. The SMILES string of the molecule is CCNC(=O)C(C)Nc1cc(S(=O)(=O)NC)ccc1N. The number of rotatable bonds is 6. The molecule has 1 atom stereocenters. The van der Waals surface area contributed by atoms with Crippen molar-refractivity contribution in [2.24, 2.45) is 0 Å². The molecule has 0 aliphatic heterocycles. The van der Waals surface area contributed by atoms with Crippen LogP contribution < -0.4 is 21.1 Å². The lowest BCUT2D eigenvalue weighted by Gasteiger charge is -2.17. The molecule has 0 spiro atoms. The van der Waals surface area contributed by atoms with Gasteiger partial charge in [-0.05, 0) is 39.1 Å². The van der Waals surface area contributed by atoms with Crippen molar-refractivity contribution in [1.29, 1.82) is 0 Å². The number of nitrogens with one attached hydrogen (secondary N) is 3. The summed E-state index contributed by atoms with van der Waals surface area (Å²) in [6.45, 7) is 4.01. The van der Waals surface area contributed by atoms with Gasteiger partial charge in [0.05, 0.1) is 16.3 Å². The summed E-state index contributed by atoms with van der Waals surface area (Å²) in [5.74, 6) is -0.186. The van der Waals surface area contributed by atoms with Gasteiger partial charge in [-0.2, -0.15) is 0 Å². The van der Waals surface area contributed by atoms with E-state index in [1.54, 1.807) is 6.92 Å². The lowest BCUT2D eigenvalue weighted by atomic mass is 10.2. The smallest absolute Gasteiger partial charge is 0.242 e. The first-order valence-electron chi connectivity index (χ1n) is 6.19. The molecule has 0 aliphatic rings. The van der Waals surface area contributed by atoms with Crippen LogP contribution in [0.15, 0.2) is 23.1 Å². The van der Waals surface area contributed by atoms with Crippen molar-refractivity contribution >= 4 is 27.3 Å². The van der Waals surface area contributed by atoms with Crippen LogP contribution in [-0.2, 0) is 14.8 Å². The summed E-state index contributed by atoms with van der Waals surface area (Å²) < 4.78 is 25.7. The Morgan fingerprint density at radius 1 is 1.40 bits per heavy atom. The van der Waals surface area contributed by atoms with E-state index >= 15 is 0 Å². The van der Waals surface area contributed by atoms with Crippen molar-refractivity contribution in [2.75, 3.05) is 24.6 Å². The van der Waals surface area contributed by atoms with E-state index in [0.717, 1.165) is 0 Å². The Balaban J connectivity index is 3.01. The van der Waals surface area contributed by atoms with Gasteiger partial charge in [0, 0.05) is 6.54 Å². The van der Waals surface area contributed by atoms with Crippen LogP contribution in [0.2, 0.25) is 0 Å². The molecule has 20 heavy (non-hydrogen) atoms. The molecule has 8 heteroatoms. The molecule has 0 bridgehead atoms. The van der Waals surface area contributed by atoms with Crippen LogP contribution in [0.25, 0.3) is 0 Å². The summed E-state index contributed by atoms with van der Waals surface area (Å²) in [4.78, 5) is 11.7. The number of anilines is 2. The molecule has 0 fully saturated rings. The number of hydrogen-bond donors (Lipinski definition) is 4. The fraction of sp³-hybridized carbons (Fsp3) is 0.417. The van der Waals surface area contributed by atoms with Crippen LogP contribution in [0.1, 0.15) is 13.8 Å². The third-order valence-corrected chi connectivity index (χ3v) is 4.13. The van der Waals surface area contributed by atoms with Crippen LogP contribution in [0, 0.1) is 0 Å². The lowest BCUT2D eigenvalue weighted by molar-refractivity contribution is -0.121. The van der Waals surface area contributed by atoms with Crippen LogP contribution in [0.3, 0.4) is 0 Å². The molecular weight excluding hydrogens is 280 g/mol. The third-order valence-electron chi connectivity index (χ3n) is 2.72. The van der Waals surface area contributed by atoms with E-state index in [0.29, 0.717) is 17.9 Å². The molecule has 1 aromatic carbocycles. The largest absolute Gasteiger partial charge is 0.397 e. The normalized spacial score (nSPS) is 12.8. The second-order valence-electron chi connectivity index (χ2n) is 4.22. The Hall–Kier alpha value is -1.80. The van der Waals surface area contributed by atoms with E-state index in [4.69, 9.17) is 5.73 Å². The topological polar surface area (TPSA) is 113 Å². The van der Waals surface area contributed by atoms with Crippen molar-refractivity contribution in [3.63, 3.8) is 0 Å². The maximum atomic E-state index is 11.7. The number of nitrogens with two attached hydrogens (primary N) is 1. The zero-order valence-corrected chi connectivity index (χ0v) is 12.5. The molecule has 1 aromatic rings. The van der Waals surface area contributed by atoms with Gasteiger partial charge in [-0.3, -0.25) is 4.79 Å². The molecule has 1 rings (SSSR count). The Bertz CT molecular complexity index is 586. The summed E-state index contributed by atoms with van der Waals surface area (Å²) >= 11 is 0. The maximum Gasteiger partial charge on any atom is 0.242 e. The van der Waals surface area contributed by atoms with E-state index in [2.05, 4.69) is 15.4 Å². The highest BCUT2D eigenvalue weighted by atomic mass is 32.2. The molecule has 0 aliphatic carbocycles. The first-order valence-corrected chi connectivity index (χ1v) is 7.67. The second-order valence-corrected chi connectivity index (χ2v) is 6.10. The molecule has 0 heterocycles. The first kappa shape index (κ1) is 16.3. The molecule has 5 N–H and O–H groups in total. The van der Waals surface area contributed by atoms with Gasteiger partial charge < -0.3 is 16.4 Å². The van der Waals surface area contributed by atoms with Gasteiger partial charge in [-0.1, -0.05) is 0 Å². The van der Waals surface area contributed by atoms with Gasteiger partial charge in [0.25, 0.3) is 0 Å². The molecule has 1 unspecified atom stereocenters. The van der Waals surface area contributed by atoms with Crippen LogP contribution in [0.4, 0.5) is 11.4 Å². The number of likely N-dealkylation sites (N-methyl/N-ethyl adjacent to an activating group) is 1. The van der Waals surface area contributed by atoms with Gasteiger partial charge in [0.1, 0.15) is 6.04 Å². The zero-order chi connectivity index (χ0) is 15.3. The van der Waals surface area contributed by atoms with Crippen molar-refractivity contribution in [3.05, 3.63) is 18.2 Å². The van der Waals surface area contributed by atoms with Crippen LogP contribution in [-0.4, -0.2) is 34.0 Å².